The zero-order valence-electron chi connectivity index (χ0n) is 11.6. The molecule has 1 aliphatic rings. The molecule has 3 N–H and O–H groups in total. The zero-order valence-corrected chi connectivity index (χ0v) is 13.2. The van der Waals surface area contributed by atoms with Gasteiger partial charge in [0.25, 0.3) is 0 Å². The van der Waals surface area contributed by atoms with E-state index in [0.717, 1.165) is 10.9 Å². The lowest BCUT2D eigenvalue weighted by atomic mass is 9.99. The van der Waals surface area contributed by atoms with Gasteiger partial charge in [0.15, 0.2) is 0 Å². The summed E-state index contributed by atoms with van der Waals surface area (Å²) in [6, 6.07) is 15.7. The van der Waals surface area contributed by atoms with Gasteiger partial charge in [0, 0.05) is 10.5 Å². The van der Waals surface area contributed by atoms with Gasteiger partial charge in [-0.2, -0.15) is 0 Å². The molecule has 0 saturated heterocycles. The van der Waals surface area contributed by atoms with Crippen LogP contribution in [0.4, 0.5) is 4.39 Å². The SMILES string of the molecule is NNC(Cc1ccc(Br)cc1F)C1CC1c1ccccc1. The van der Waals surface area contributed by atoms with Gasteiger partial charge in [0.1, 0.15) is 5.82 Å². The molecule has 0 radical (unpaired) electrons. The van der Waals surface area contributed by atoms with E-state index < -0.39 is 0 Å². The van der Waals surface area contributed by atoms with Crippen molar-refractivity contribution in [1.82, 2.24) is 5.43 Å². The van der Waals surface area contributed by atoms with E-state index in [-0.39, 0.29) is 11.9 Å². The monoisotopic (exact) mass is 348 g/mol. The largest absolute Gasteiger partial charge is 0.271 e. The average Bonchev–Trinajstić information content (AvgIpc) is 3.28. The van der Waals surface area contributed by atoms with Crippen molar-refractivity contribution in [1.29, 1.82) is 0 Å². The van der Waals surface area contributed by atoms with Crippen molar-refractivity contribution in [2.24, 2.45) is 11.8 Å². The van der Waals surface area contributed by atoms with Gasteiger partial charge in [0.2, 0.25) is 0 Å². The molecule has 0 aromatic heterocycles. The maximum absolute atomic E-state index is 14.0. The van der Waals surface area contributed by atoms with E-state index in [1.165, 1.54) is 11.6 Å². The first-order chi connectivity index (χ1) is 10.2. The molecule has 0 spiro atoms. The molecule has 2 nitrogen and oxygen atoms in total. The van der Waals surface area contributed by atoms with Crippen molar-refractivity contribution in [2.45, 2.75) is 24.8 Å². The molecule has 2 aromatic carbocycles. The Morgan fingerprint density at radius 3 is 2.67 bits per heavy atom. The lowest BCUT2D eigenvalue weighted by molar-refractivity contribution is 0.455. The van der Waals surface area contributed by atoms with Crippen LogP contribution >= 0.6 is 15.9 Å². The van der Waals surface area contributed by atoms with E-state index >= 15 is 0 Å². The van der Waals surface area contributed by atoms with Crippen molar-refractivity contribution in [2.75, 3.05) is 0 Å². The van der Waals surface area contributed by atoms with Crippen LogP contribution in [-0.2, 0) is 6.42 Å². The van der Waals surface area contributed by atoms with Crippen LogP contribution in [0.15, 0.2) is 53.0 Å². The molecule has 0 aliphatic heterocycles. The highest BCUT2D eigenvalue weighted by molar-refractivity contribution is 9.10. The second-order valence-corrected chi connectivity index (χ2v) is 6.55. The van der Waals surface area contributed by atoms with Crippen LogP contribution in [0.2, 0.25) is 0 Å². The summed E-state index contributed by atoms with van der Waals surface area (Å²) in [7, 11) is 0. The summed E-state index contributed by atoms with van der Waals surface area (Å²) in [4.78, 5) is 0. The third-order valence-electron chi connectivity index (χ3n) is 4.25. The number of hydrogen-bond acceptors (Lipinski definition) is 2. The molecular formula is C17H18BrFN2. The second kappa shape index (κ2) is 6.26. The molecule has 1 aliphatic carbocycles. The molecule has 0 bridgehead atoms. The van der Waals surface area contributed by atoms with Crippen molar-refractivity contribution in [3.8, 4) is 0 Å². The molecule has 3 atom stereocenters. The normalized spacial score (nSPS) is 22.0. The molecule has 3 unspecified atom stereocenters. The number of benzene rings is 2. The first-order valence-electron chi connectivity index (χ1n) is 7.14. The summed E-state index contributed by atoms with van der Waals surface area (Å²) in [6.45, 7) is 0. The number of nitrogens with one attached hydrogen (secondary N) is 1. The highest BCUT2D eigenvalue weighted by atomic mass is 79.9. The van der Waals surface area contributed by atoms with Crippen molar-refractivity contribution in [3.05, 3.63) is 69.9 Å². The van der Waals surface area contributed by atoms with E-state index in [0.29, 0.717) is 23.8 Å². The minimum absolute atomic E-state index is 0.103. The van der Waals surface area contributed by atoms with Crippen molar-refractivity contribution in [3.63, 3.8) is 0 Å². The molecule has 21 heavy (non-hydrogen) atoms. The number of halogens is 2. The Morgan fingerprint density at radius 2 is 2.00 bits per heavy atom. The third-order valence-corrected chi connectivity index (χ3v) is 4.75. The number of hydrazine groups is 1. The number of rotatable bonds is 5. The zero-order chi connectivity index (χ0) is 14.8. The average molecular weight is 349 g/mol. The molecule has 0 heterocycles. The first-order valence-corrected chi connectivity index (χ1v) is 7.93. The van der Waals surface area contributed by atoms with Gasteiger partial charge >= 0.3 is 0 Å². The minimum atomic E-state index is -0.179. The topological polar surface area (TPSA) is 38.0 Å². The Balaban J connectivity index is 1.70. The second-order valence-electron chi connectivity index (χ2n) is 5.63. The van der Waals surface area contributed by atoms with Crippen LogP contribution < -0.4 is 11.3 Å². The summed E-state index contributed by atoms with van der Waals surface area (Å²) in [5.41, 5.74) is 4.93. The quantitative estimate of drug-likeness (QED) is 0.637. The fourth-order valence-corrected chi connectivity index (χ4v) is 3.33. The smallest absolute Gasteiger partial charge is 0.127 e. The maximum atomic E-state index is 14.0. The van der Waals surface area contributed by atoms with Gasteiger partial charge < -0.3 is 0 Å². The van der Waals surface area contributed by atoms with Crippen molar-refractivity contribution < 1.29 is 4.39 Å². The highest BCUT2D eigenvalue weighted by Crippen LogP contribution is 2.49. The fourth-order valence-electron chi connectivity index (χ4n) is 3.00. The Labute approximate surface area is 132 Å². The van der Waals surface area contributed by atoms with Crippen LogP contribution in [-0.4, -0.2) is 6.04 Å². The van der Waals surface area contributed by atoms with Crippen molar-refractivity contribution >= 4 is 15.9 Å². The van der Waals surface area contributed by atoms with E-state index in [1.807, 2.05) is 18.2 Å². The van der Waals surface area contributed by atoms with Crippen LogP contribution in [0.25, 0.3) is 0 Å². The first kappa shape index (κ1) is 14.7. The predicted molar refractivity (Wildman–Crippen MR) is 86.2 cm³/mol. The Morgan fingerprint density at radius 1 is 1.24 bits per heavy atom. The summed E-state index contributed by atoms with van der Waals surface area (Å²) < 4.78 is 14.7. The van der Waals surface area contributed by atoms with Crippen LogP contribution in [0.3, 0.4) is 0 Å². The predicted octanol–water partition coefficient (Wildman–Crippen LogP) is 3.77. The summed E-state index contributed by atoms with van der Waals surface area (Å²) in [5, 5.41) is 0. The molecule has 3 rings (SSSR count). The summed E-state index contributed by atoms with van der Waals surface area (Å²) in [5.74, 6) is 6.53. The third kappa shape index (κ3) is 3.34. The van der Waals surface area contributed by atoms with E-state index in [2.05, 4.69) is 45.6 Å². The van der Waals surface area contributed by atoms with Gasteiger partial charge in [0.05, 0.1) is 0 Å². The molecule has 2 aromatic rings. The van der Waals surface area contributed by atoms with Gasteiger partial charge in [-0.25, -0.2) is 4.39 Å². The summed E-state index contributed by atoms with van der Waals surface area (Å²) >= 11 is 3.28. The van der Waals surface area contributed by atoms with Crippen LogP contribution in [0, 0.1) is 11.7 Å². The van der Waals surface area contributed by atoms with Crippen LogP contribution in [0.1, 0.15) is 23.5 Å². The number of nitrogens with two attached hydrogens (primary N) is 1. The van der Waals surface area contributed by atoms with Gasteiger partial charge in [-0.15, -0.1) is 0 Å². The Hall–Kier alpha value is -1.23. The van der Waals surface area contributed by atoms with Gasteiger partial charge in [-0.05, 0) is 47.9 Å². The van der Waals surface area contributed by atoms with E-state index in [1.54, 1.807) is 0 Å². The standard InChI is InChI=1S/C17H18BrFN2/c18-13-7-6-12(16(19)9-13)8-17(21-20)15-10-14(15)11-4-2-1-3-5-11/h1-7,9,14-15,17,21H,8,10,20H2. The number of hydrogen-bond donors (Lipinski definition) is 2. The highest BCUT2D eigenvalue weighted by Gasteiger charge is 2.43. The van der Waals surface area contributed by atoms with Crippen LogP contribution in [0.5, 0.6) is 0 Å². The van der Waals surface area contributed by atoms with Gasteiger partial charge in [-0.1, -0.05) is 52.3 Å². The Bertz CT molecular complexity index is 617. The lowest BCUT2D eigenvalue weighted by Crippen LogP contribution is -2.39. The summed E-state index contributed by atoms with van der Waals surface area (Å²) in [6.07, 6.45) is 1.72. The molecule has 0 amide bonds. The minimum Gasteiger partial charge on any atom is -0.271 e. The van der Waals surface area contributed by atoms with E-state index in [4.69, 9.17) is 5.84 Å². The molecule has 1 fully saturated rings. The Kier molecular flexibility index (Phi) is 4.38. The fraction of sp³-hybridized carbons (Fsp3) is 0.294. The lowest BCUT2D eigenvalue weighted by Gasteiger charge is -2.16. The maximum Gasteiger partial charge on any atom is 0.127 e. The van der Waals surface area contributed by atoms with E-state index in [9.17, 15) is 4.39 Å². The van der Waals surface area contributed by atoms with Gasteiger partial charge in [-0.3, -0.25) is 11.3 Å². The molecule has 1 saturated carbocycles. The molecular weight excluding hydrogens is 331 g/mol. The molecule has 4 heteroatoms. The molecule has 110 valence electrons.